The van der Waals surface area contributed by atoms with E-state index in [1.165, 1.54) is 0 Å². The van der Waals surface area contributed by atoms with Gasteiger partial charge in [0.2, 0.25) is 0 Å². The maximum atomic E-state index is 12.7. The van der Waals surface area contributed by atoms with Gasteiger partial charge in [-0.1, -0.05) is 13.0 Å². The van der Waals surface area contributed by atoms with Crippen LogP contribution in [0.15, 0.2) is 42.5 Å². The Labute approximate surface area is 159 Å². The van der Waals surface area contributed by atoms with Crippen molar-refractivity contribution in [2.45, 2.75) is 33.3 Å². The van der Waals surface area contributed by atoms with Crippen LogP contribution in [0.25, 0.3) is 0 Å². The van der Waals surface area contributed by atoms with Gasteiger partial charge in [0.1, 0.15) is 11.5 Å². The second-order valence-corrected chi connectivity index (χ2v) is 5.88. The number of rotatable bonds is 8. The quantitative estimate of drug-likeness (QED) is 0.711. The van der Waals surface area contributed by atoms with Crippen molar-refractivity contribution in [1.29, 1.82) is 0 Å². The molecule has 0 unspecified atom stereocenters. The molecule has 0 aromatic heterocycles. The van der Waals surface area contributed by atoms with Gasteiger partial charge in [0.15, 0.2) is 6.10 Å². The molecule has 1 atom stereocenters. The molecule has 2 aromatic rings. The number of methoxy groups -OCH3 is 1. The Balaban J connectivity index is 2.11. The van der Waals surface area contributed by atoms with Crippen molar-refractivity contribution in [3.63, 3.8) is 0 Å². The van der Waals surface area contributed by atoms with Gasteiger partial charge in [-0.2, -0.15) is 0 Å². The third kappa shape index (κ3) is 5.23. The van der Waals surface area contributed by atoms with E-state index in [9.17, 15) is 9.59 Å². The van der Waals surface area contributed by atoms with Gasteiger partial charge in [-0.25, -0.2) is 4.79 Å². The molecule has 0 radical (unpaired) electrons. The van der Waals surface area contributed by atoms with E-state index in [0.29, 0.717) is 41.3 Å². The summed E-state index contributed by atoms with van der Waals surface area (Å²) in [5.41, 5.74) is 1.64. The second kappa shape index (κ2) is 9.62. The summed E-state index contributed by atoms with van der Waals surface area (Å²) in [6, 6.07) is 12.2. The predicted molar refractivity (Wildman–Crippen MR) is 103 cm³/mol. The molecule has 0 heterocycles. The van der Waals surface area contributed by atoms with E-state index in [1.54, 1.807) is 63.4 Å². The highest BCUT2D eigenvalue weighted by atomic mass is 16.5. The fourth-order valence-electron chi connectivity index (χ4n) is 2.56. The highest BCUT2D eigenvalue weighted by Gasteiger charge is 2.21. The number of hydrogen-bond acceptors (Lipinski definition) is 5. The largest absolute Gasteiger partial charge is 0.497 e. The molecule has 0 saturated carbocycles. The maximum Gasteiger partial charge on any atom is 0.338 e. The van der Waals surface area contributed by atoms with E-state index in [-0.39, 0.29) is 5.91 Å². The molecule has 0 bridgehead atoms. The van der Waals surface area contributed by atoms with Gasteiger partial charge in [-0.05, 0) is 62.2 Å². The number of benzene rings is 2. The Bertz CT molecular complexity index is 786. The van der Waals surface area contributed by atoms with E-state index in [0.717, 1.165) is 0 Å². The smallest absolute Gasteiger partial charge is 0.338 e. The summed E-state index contributed by atoms with van der Waals surface area (Å²) in [5, 5.41) is 2.84. The van der Waals surface area contributed by atoms with Crippen LogP contribution in [0, 0.1) is 6.92 Å². The first-order chi connectivity index (χ1) is 13.0. The minimum Gasteiger partial charge on any atom is -0.497 e. The zero-order valence-electron chi connectivity index (χ0n) is 16.1. The first kappa shape index (κ1) is 20.3. The van der Waals surface area contributed by atoms with Crippen molar-refractivity contribution in [2.24, 2.45) is 0 Å². The van der Waals surface area contributed by atoms with Crippen LogP contribution in [0.2, 0.25) is 0 Å². The van der Waals surface area contributed by atoms with E-state index >= 15 is 0 Å². The molecule has 0 aliphatic heterocycles. The van der Waals surface area contributed by atoms with Gasteiger partial charge < -0.3 is 19.5 Å². The minimum atomic E-state index is -0.663. The molecule has 0 saturated heterocycles. The lowest BCUT2D eigenvalue weighted by atomic mass is 10.1. The molecule has 0 aliphatic carbocycles. The molecular formula is C21H25NO5. The highest BCUT2D eigenvalue weighted by Crippen LogP contribution is 2.22. The number of esters is 1. The molecule has 6 nitrogen and oxygen atoms in total. The Morgan fingerprint density at radius 2 is 1.70 bits per heavy atom. The summed E-state index contributed by atoms with van der Waals surface area (Å²) < 4.78 is 16.0. The normalized spacial score (nSPS) is 11.4. The molecule has 2 rings (SSSR count). The van der Waals surface area contributed by atoms with Gasteiger partial charge in [0.05, 0.1) is 19.3 Å². The van der Waals surface area contributed by atoms with E-state index in [4.69, 9.17) is 14.2 Å². The first-order valence-corrected chi connectivity index (χ1v) is 8.88. The van der Waals surface area contributed by atoms with Gasteiger partial charge >= 0.3 is 5.97 Å². The SMILES string of the molecule is CCOC(=O)c1cccc(NC(=O)[C@@H](CC)Oc2ccc(OC)cc2)c1C. The third-order valence-electron chi connectivity index (χ3n) is 4.09. The lowest BCUT2D eigenvalue weighted by molar-refractivity contribution is -0.122. The molecule has 6 heteroatoms. The Kier molecular flexibility index (Phi) is 7.23. The molecule has 27 heavy (non-hydrogen) atoms. The lowest BCUT2D eigenvalue weighted by Crippen LogP contribution is -2.32. The summed E-state index contributed by atoms with van der Waals surface area (Å²) in [5.74, 6) is 0.603. The van der Waals surface area contributed by atoms with Crippen molar-refractivity contribution in [3.8, 4) is 11.5 Å². The molecule has 144 valence electrons. The van der Waals surface area contributed by atoms with E-state index < -0.39 is 12.1 Å². The Morgan fingerprint density at radius 1 is 1.04 bits per heavy atom. The lowest BCUT2D eigenvalue weighted by Gasteiger charge is -2.19. The molecule has 1 amide bonds. The zero-order valence-corrected chi connectivity index (χ0v) is 16.1. The summed E-state index contributed by atoms with van der Waals surface area (Å²) in [4.78, 5) is 24.7. The van der Waals surface area contributed by atoms with E-state index in [1.807, 2.05) is 6.92 Å². The number of anilines is 1. The number of nitrogens with one attached hydrogen (secondary N) is 1. The summed E-state index contributed by atoms with van der Waals surface area (Å²) >= 11 is 0. The van der Waals surface area contributed by atoms with Crippen molar-refractivity contribution in [2.75, 3.05) is 19.0 Å². The molecule has 1 N–H and O–H groups in total. The third-order valence-corrected chi connectivity index (χ3v) is 4.09. The van der Waals surface area contributed by atoms with Gasteiger partial charge in [-0.3, -0.25) is 4.79 Å². The Morgan fingerprint density at radius 3 is 2.30 bits per heavy atom. The summed E-state index contributed by atoms with van der Waals surface area (Å²) in [6.45, 7) is 5.69. The number of carbonyl (C=O) groups is 2. The number of carbonyl (C=O) groups excluding carboxylic acids is 2. The highest BCUT2D eigenvalue weighted by molar-refractivity contribution is 5.98. The number of amides is 1. The monoisotopic (exact) mass is 371 g/mol. The standard InChI is InChI=1S/C21H25NO5/c1-5-19(27-16-12-10-15(25-4)11-13-16)20(23)22-18-9-7-8-17(14(18)3)21(24)26-6-2/h7-13,19H,5-6H2,1-4H3,(H,22,23)/t19-/m1/s1. The van der Waals surface area contributed by atoms with Crippen molar-refractivity contribution in [1.82, 2.24) is 0 Å². The number of hydrogen-bond donors (Lipinski definition) is 1. The van der Waals surface area contributed by atoms with Crippen molar-refractivity contribution >= 4 is 17.6 Å². The molecule has 0 aliphatic rings. The topological polar surface area (TPSA) is 73.9 Å². The van der Waals surface area contributed by atoms with Gasteiger partial charge in [-0.15, -0.1) is 0 Å². The predicted octanol–water partition coefficient (Wildman–Crippen LogP) is 3.98. The van der Waals surface area contributed by atoms with Crippen LogP contribution in [0.4, 0.5) is 5.69 Å². The van der Waals surface area contributed by atoms with Crippen molar-refractivity contribution in [3.05, 3.63) is 53.6 Å². The van der Waals surface area contributed by atoms with Crippen LogP contribution in [0.5, 0.6) is 11.5 Å². The van der Waals surface area contributed by atoms with E-state index in [2.05, 4.69) is 5.32 Å². The molecule has 2 aromatic carbocycles. The Hall–Kier alpha value is -3.02. The van der Waals surface area contributed by atoms with Gasteiger partial charge in [0.25, 0.3) is 5.91 Å². The van der Waals surface area contributed by atoms with Crippen molar-refractivity contribution < 1.29 is 23.8 Å². The van der Waals surface area contributed by atoms with Gasteiger partial charge in [0, 0.05) is 5.69 Å². The minimum absolute atomic E-state index is 0.280. The zero-order chi connectivity index (χ0) is 19.8. The first-order valence-electron chi connectivity index (χ1n) is 8.88. The fraction of sp³-hybridized carbons (Fsp3) is 0.333. The van der Waals surface area contributed by atoms with Crippen LogP contribution >= 0.6 is 0 Å². The second-order valence-electron chi connectivity index (χ2n) is 5.88. The average Bonchev–Trinajstić information content (AvgIpc) is 2.68. The molecule has 0 spiro atoms. The molecule has 0 fully saturated rings. The summed E-state index contributed by atoms with van der Waals surface area (Å²) in [7, 11) is 1.59. The van der Waals surface area contributed by atoms with Crippen LogP contribution in [0.3, 0.4) is 0 Å². The molecular weight excluding hydrogens is 346 g/mol. The van der Waals surface area contributed by atoms with Crippen LogP contribution in [-0.4, -0.2) is 31.7 Å². The fourth-order valence-corrected chi connectivity index (χ4v) is 2.56. The summed E-state index contributed by atoms with van der Waals surface area (Å²) in [6.07, 6.45) is -0.168. The number of ether oxygens (including phenoxy) is 3. The van der Waals surface area contributed by atoms with Crippen LogP contribution in [0.1, 0.15) is 36.2 Å². The average molecular weight is 371 g/mol. The van der Waals surface area contributed by atoms with Crippen LogP contribution in [-0.2, 0) is 9.53 Å². The van der Waals surface area contributed by atoms with Crippen LogP contribution < -0.4 is 14.8 Å². The maximum absolute atomic E-state index is 12.7.